The van der Waals surface area contributed by atoms with Gasteiger partial charge in [0.15, 0.2) is 5.13 Å². The number of benzene rings is 2. The monoisotopic (exact) mass is 402 g/mol. The highest BCUT2D eigenvalue weighted by Gasteiger charge is 2.07. The van der Waals surface area contributed by atoms with Crippen LogP contribution in [0.15, 0.2) is 53.0 Å². The average Bonchev–Trinajstić information content (AvgIpc) is 2.96. The summed E-state index contributed by atoms with van der Waals surface area (Å²) in [6.07, 6.45) is 3.27. The second kappa shape index (κ2) is 7.59. The van der Waals surface area contributed by atoms with Gasteiger partial charge in [0, 0.05) is 10.5 Å². The first-order valence-corrected chi connectivity index (χ1v) is 9.03. The van der Waals surface area contributed by atoms with Crippen molar-refractivity contribution in [1.82, 2.24) is 4.98 Å². The molecule has 1 N–H and O–H groups in total. The summed E-state index contributed by atoms with van der Waals surface area (Å²) in [7, 11) is 0. The van der Waals surface area contributed by atoms with Crippen LogP contribution in [0.2, 0.25) is 0 Å². The number of nitrogens with one attached hydrogen (secondary N) is 1. The predicted octanol–water partition coefficient (Wildman–Crippen LogP) is 5.11. The molecule has 1 aromatic heterocycles. The Morgan fingerprint density at radius 2 is 2.08 bits per heavy atom. The smallest absolute Gasteiger partial charge is 0.250 e. The van der Waals surface area contributed by atoms with Gasteiger partial charge in [0.2, 0.25) is 5.91 Å². The summed E-state index contributed by atoms with van der Waals surface area (Å²) in [6.45, 7) is 2.56. The van der Waals surface area contributed by atoms with Gasteiger partial charge in [0.1, 0.15) is 5.75 Å². The highest BCUT2D eigenvalue weighted by Crippen LogP contribution is 2.29. The van der Waals surface area contributed by atoms with Crippen LogP contribution in [0.1, 0.15) is 12.5 Å². The molecule has 4 nitrogen and oxygen atoms in total. The average molecular weight is 403 g/mol. The van der Waals surface area contributed by atoms with Crippen molar-refractivity contribution in [3.8, 4) is 5.75 Å². The Labute approximate surface area is 152 Å². The maximum atomic E-state index is 12.0. The maximum Gasteiger partial charge on any atom is 0.250 e. The third-order valence-corrected chi connectivity index (χ3v) is 4.66. The Morgan fingerprint density at radius 3 is 2.83 bits per heavy atom. The van der Waals surface area contributed by atoms with Crippen LogP contribution in [0.4, 0.5) is 5.13 Å². The van der Waals surface area contributed by atoms with Crippen molar-refractivity contribution in [1.29, 1.82) is 0 Å². The standard InChI is InChI=1S/C18H15BrN2O2S/c1-2-23-14-8-9-15-16(11-14)24-18(20-15)21-17(22)10-5-12-3-6-13(19)7-4-12/h3-11H,2H2,1H3,(H,20,21,22). The van der Waals surface area contributed by atoms with Crippen molar-refractivity contribution in [3.05, 3.63) is 58.6 Å². The van der Waals surface area contributed by atoms with Gasteiger partial charge in [0.05, 0.1) is 16.8 Å². The Hall–Kier alpha value is -2.18. The molecule has 3 rings (SSSR count). The van der Waals surface area contributed by atoms with E-state index in [0.29, 0.717) is 11.7 Å². The Balaban J connectivity index is 1.69. The molecule has 0 unspecified atom stereocenters. The van der Waals surface area contributed by atoms with Crippen LogP contribution in [-0.2, 0) is 4.79 Å². The van der Waals surface area contributed by atoms with Crippen LogP contribution in [0.25, 0.3) is 16.3 Å². The van der Waals surface area contributed by atoms with Crippen molar-refractivity contribution in [2.75, 3.05) is 11.9 Å². The summed E-state index contributed by atoms with van der Waals surface area (Å²) >= 11 is 4.81. The van der Waals surface area contributed by atoms with E-state index >= 15 is 0 Å². The third kappa shape index (κ3) is 4.21. The van der Waals surface area contributed by atoms with Crippen LogP contribution < -0.4 is 10.1 Å². The maximum absolute atomic E-state index is 12.0. The third-order valence-electron chi connectivity index (χ3n) is 3.20. The molecule has 1 amide bonds. The van der Waals surface area contributed by atoms with Crippen LogP contribution in [0.3, 0.4) is 0 Å². The number of nitrogens with zero attached hydrogens (tertiary/aromatic N) is 1. The highest BCUT2D eigenvalue weighted by molar-refractivity contribution is 9.10. The molecule has 1 heterocycles. The Morgan fingerprint density at radius 1 is 1.29 bits per heavy atom. The number of halogens is 1. The number of carbonyl (C=O) groups excluding carboxylic acids is 1. The number of fused-ring (bicyclic) bond motifs is 1. The molecule has 0 radical (unpaired) electrons. The summed E-state index contributed by atoms with van der Waals surface area (Å²) < 4.78 is 7.46. The van der Waals surface area contributed by atoms with E-state index < -0.39 is 0 Å². The number of rotatable bonds is 5. The molecule has 0 aliphatic carbocycles. The zero-order valence-corrected chi connectivity index (χ0v) is 15.4. The minimum atomic E-state index is -0.206. The van der Waals surface area contributed by atoms with Crippen LogP contribution in [-0.4, -0.2) is 17.5 Å². The van der Waals surface area contributed by atoms with Gasteiger partial charge in [-0.25, -0.2) is 4.98 Å². The topological polar surface area (TPSA) is 51.2 Å². The van der Waals surface area contributed by atoms with E-state index in [1.807, 2.05) is 49.4 Å². The molecule has 0 aliphatic heterocycles. The molecular formula is C18H15BrN2O2S. The summed E-state index contributed by atoms with van der Waals surface area (Å²) in [4.78, 5) is 16.4. The number of hydrogen-bond donors (Lipinski definition) is 1. The zero-order chi connectivity index (χ0) is 16.9. The normalized spacial score (nSPS) is 11.1. The Bertz CT molecular complexity index is 888. The molecule has 0 atom stereocenters. The first-order valence-electron chi connectivity index (χ1n) is 7.42. The van der Waals surface area contributed by atoms with Gasteiger partial charge >= 0.3 is 0 Å². The number of thiazole rings is 1. The van der Waals surface area contributed by atoms with Crippen LogP contribution >= 0.6 is 27.3 Å². The van der Waals surface area contributed by atoms with Crippen molar-refractivity contribution in [2.45, 2.75) is 6.92 Å². The first-order chi connectivity index (χ1) is 11.6. The number of amides is 1. The first kappa shape index (κ1) is 16.7. The van der Waals surface area contributed by atoms with Crippen molar-refractivity contribution in [3.63, 3.8) is 0 Å². The second-order valence-electron chi connectivity index (χ2n) is 4.96. The van der Waals surface area contributed by atoms with E-state index in [0.717, 1.165) is 26.0 Å². The van der Waals surface area contributed by atoms with E-state index in [2.05, 4.69) is 26.2 Å². The number of carbonyl (C=O) groups is 1. The molecule has 0 spiro atoms. The van der Waals surface area contributed by atoms with Gasteiger partial charge in [-0.05, 0) is 48.9 Å². The van der Waals surface area contributed by atoms with E-state index in [1.54, 1.807) is 6.08 Å². The summed E-state index contributed by atoms with van der Waals surface area (Å²) in [5, 5.41) is 3.37. The molecule has 24 heavy (non-hydrogen) atoms. The summed E-state index contributed by atoms with van der Waals surface area (Å²) in [5.74, 6) is 0.601. The number of anilines is 1. The van der Waals surface area contributed by atoms with Gasteiger partial charge in [-0.3, -0.25) is 10.1 Å². The number of ether oxygens (including phenoxy) is 1. The van der Waals surface area contributed by atoms with E-state index in [1.165, 1.54) is 17.4 Å². The SMILES string of the molecule is CCOc1ccc2nc(NC(=O)C=Cc3ccc(Br)cc3)sc2c1. The molecular weight excluding hydrogens is 388 g/mol. The lowest BCUT2D eigenvalue weighted by atomic mass is 10.2. The van der Waals surface area contributed by atoms with Gasteiger partial charge in [-0.15, -0.1) is 0 Å². The van der Waals surface area contributed by atoms with E-state index in [9.17, 15) is 4.79 Å². The van der Waals surface area contributed by atoms with Gasteiger partial charge < -0.3 is 4.74 Å². The predicted molar refractivity (Wildman–Crippen MR) is 103 cm³/mol. The summed E-state index contributed by atoms with van der Waals surface area (Å²) in [6, 6.07) is 13.4. The van der Waals surface area contributed by atoms with E-state index in [4.69, 9.17) is 4.74 Å². The number of aromatic nitrogens is 1. The zero-order valence-electron chi connectivity index (χ0n) is 13.0. The van der Waals surface area contributed by atoms with Crippen molar-refractivity contribution >= 4 is 54.6 Å². The molecule has 0 bridgehead atoms. The fraction of sp³-hybridized carbons (Fsp3) is 0.111. The largest absolute Gasteiger partial charge is 0.494 e. The molecule has 6 heteroatoms. The highest BCUT2D eigenvalue weighted by atomic mass is 79.9. The van der Waals surface area contributed by atoms with Gasteiger partial charge in [-0.2, -0.15) is 0 Å². The van der Waals surface area contributed by atoms with Gasteiger partial charge in [0.25, 0.3) is 0 Å². The molecule has 122 valence electrons. The molecule has 0 saturated carbocycles. The molecule has 2 aromatic carbocycles. The molecule has 0 aliphatic rings. The number of hydrogen-bond acceptors (Lipinski definition) is 4. The minimum absolute atomic E-state index is 0.206. The lowest BCUT2D eigenvalue weighted by Crippen LogP contribution is -2.07. The van der Waals surface area contributed by atoms with Crippen LogP contribution in [0, 0.1) is 0 Å². The van der Waals surface area contributed by atoms with Crippen molar-refractivity contribution in [2.24, 2.45) is 0 Å². The van der Waals surface area contributed by atoms with E-state index in [-0.39, 0.29) is 5.91 Å². The lowest BCUT2D eigenvalue weighted by molar-refractivity contribution is -0.111. The summed E-state index contributed by atoms with van der Waals surface area (Å²) in [5.41, 5.74) is 1.80. The fourth-order valence-corrected chi connectivity index (χ4v) is 3.27. The second-order valence-corrected chi connectivity index (χ2v) is 6.90. The quantitative estimate of drug-likeness (QED) is 0.603. The van der Waals surface area contributed by atoms with Gasteiger partial charge in [-0.1, -0.05) is 39.4 Å². The Kier molecular flexibility index (Phi) is 5.27. The van der Waals surface area contributed by atoms with Crippen LogP contribution in [0.5, 0.6) is 5.75 Å². The molecule has 0 saturated heterocycles. The van der Waals surface area contributed by atoms with Crippen molar-refractivity contribution < 1.29 is 9.53 Å². The molecule has 0 fully saturated rings. The fourth-order valence-electron chi connectivity index (χ4n) is 2.11. The minimum Gasteiger partial charge on any atom is -0.494 e. The molecule has 3 aromatic rings. The lowest BCUT2D eigenvalue weighted by Gasteiger charge is -2.00.